The van der Waals surface area contributed by atoms with Crippen molar-refractivity contribution in [1.82, 2.24) is 15.1 Å². The molecule has 0 aromatic heterocycles. The second-order valence-electron chi connectivity index (χ2n) is 7.58. The van der Waals surface area contributed by atoms with Crippen LogP contribution in [-0.2, 0) is 11.3 Å². The molecule has 1 unspecified atom stereocenters. The number of rotatable bonds is 7. The SMILES string of the molecule is Cc1cccc(CN2CCCC(O)(CNCCN3CCCC3)C2=O)c1. The topological polar surface area (TPSA) is 55.8 Å². The van der Waals surface area contributed by atoms with Crippen LogP contribution in [0.3, 0.4) is 0 Å². The molecule has 0 spiro atoms. The molecule has 0 saturated carbocycles. The smallest absolute Gasteiger partial charge is 0.256 e. The maximum absolute atomic E-state index is 12.8. The lowest BCUT2D eigenvalue weighted by Crippen LogP contribution is -2.58. The predicted molar refractivity (Wildman–Crippen MR) is 99.3 cm³/mol. The van der Waals surface area contributed by atoms with Crippen molar-refractivity contribution in [2.45, 2.75) is 44.8 Å². The fourth-order valence-electron chi connectivity index (χ4n) is 3.95. The fourth-order valence-corrected chi connectivity index (χ4v) is 3.95. The summed E-state index contributed by atoms with van der Waals surface area (Å²) < 4.78 is 0. The third kappa shape index (κ3) is 4.81. The zero-order chi connectivity index (χ0) is 17.7. The number of piperidine rings is 1. The van der Waals surface area contributed by atoms with Crippen LogP contribution in [0.15, 0.2) is 24.3 Å². The van der Waals surface area contributed by atoms with Crippen LogP contribution in [0, 0.1) is 6.92 Å². The van der Waals surface area contributed by atoms with Gasteiger partial charge in [-0.1, -0.05) is 29.8 Å². The minimum absolute atomic E-state index is 0.131. The Morgan fingerprint density at radius 2 is 2.00 bits per heavy atom. The van der Waals surface area contributed by atoms with Crippen molar-refractivity contribution in [3.05, 3.63) is 35.4 Å². The van der Waals surface area contributed by atoms with Crippen LogP contribution in [0.1, 0.15) is 36.8 Å². The molecule has 2 aliphatic rings. The van der Waals surface area contributed by atoms with E-state index in [0.29, 0.717) is 19.5 Å². The van der Waals surface area contributed by atoms with Gasteiger partial charge >= 0.3 is 0 Å². The van der Waals surface area contributed by atoms with E-state index in [1.165, 1.54) is 31.5 Å². The van der Waals surface area contributed by atoms with Gasteiger partial charge < -0.3 is 20.2 Å². The Bertz CT molecular complexity index is 586. The number of benzene rings is 1. The normalized spacial score (nSPS) is 24.9. The summed E-state index contributed by atoms with van der Waals surface area (Å²) in [5.41, 5.74) is 1.06. The van der Waals surface area contributed by atoms with Gasteiger partial charge in [0, 0.05) is 32.7 Å². The van der Waals surface area contributed by atoms with Gasteiger partial charge in [0.1, 0.15) is 0 Å². The van der Waals surface area contributed by atoms with Crippen molar-refractivity contribution in [3.8, 4) is 0 Å². The number of amides is 1. The highest BCUT2D eigenvalue weighted by Gasteiger charge is 2.41. The van der Waals surface area contributed by atoms with Gasteiger partial charge in [-0.05, 0) is 51.3 Å². The Morgan fingerprint density at radius 1 is 1.20 bits per heavy atom. The molecule has 1 aromatic rings. The lowest BCUT2D eigenvalue weighted by molar-refractivity contribution is -0.157. The fraction of sp³-hybridized carbons (Fsp3) is 0.650. The van der Waals surface area contributed by atoms with E-state index in [2.05, 4.69) is 29.3 Å². The van der Waals surface area contributed by atoms with Gasteiger partial charge in [0.2, 0.25) is 0 Å². The van der Waals surface area contributed by atoms with Crippen molar-refractivity contribution in [2.24, 2.45) is 0 Å². The Balaban J connectivity index is 1.51. The van der Waals surface area contributed by atoms with Gasteiger partial charge in [0.15, 0.2) is 5.60 Å². The van der Waals surface area contributed by atoms with Crippen molar-refractivity contribution < 1.29 is 9.90 Å². The second kappa shape index (κ2) is 8.30. The summed E-state index contributed by atoms with van der Waals surface area (Å²) in [5, 5.41) is 14.2. The molecule has 0 bridgehead atoms. The first-order valence-corrected chi connectivity index (χ1v) is 9.57. The quantitative estimate of drug-likeness (QED) is 0.736. The van der Waals surface area contributed by atoms with E-state index in [-0.39, 0.29) is 5.91 Å². The summed E-state index contributed by atoms with van der Waals surface area (Å²) in [6.45, 7) is 7.89. The van der Waals surface area contributed by atoms with E-state index >= 15 is 0 Å². The third-order valence-electron chi connectivity index (χ3n) is 5.38. The molecule has 138 valence electrons. The number of carbonyl (C=O) groups is 1. The van der Waals surface area contributed by atoms with Crippen LogP contribution in [-0.4, -0.2) is 65.7 Å². The van der Waals surface area contributed by atoms with Gasteiger partial charge in [0.25, 0.3) is 5.91 Å². The molecule has 2 aliphatic heterocycles. The maximum atomic E-state index is 12.8. The van der Waals surface area contributed by atoms with E-state index in [1.807, 2.05) is 12.1 Å². The summed E-state index contributed by atoms with van der Waals surface area (Å²) in [6, 6.07) is 8.23. The van der Waals surface area contributed by atoms with E-state index in [4.69, 9.17) is 0 Å². The Morgan fingerprint density at radius 3 is 2.76 bits per heavy atom. The van der Waals surface area contributed by atoms with Gasteiger partial charge in [-0.2, -0.15) is 0 Å². The van der Waals surface area contributed by atoms with Crippen LogP contribution in [0.4, 0.5) is 0 Å². The molecule has 3 rings (SSSR count). The number of hydrogen-bond donors (Lipinski definition) is 2. The molecule has 2 saturated heterocycles. The Kier molecular flexibility index (Phi) is 6.10. The largest absolute Gasteiger partial charge is 0.379 e. The molecule has 2 fully saturated rings. The Labute approximate surface area is 151 Å². The minimum atomic E-state index is -1.26. The number of hydrogen-bond acceptors (Lipinski definition) is 4. The molecule has 5 nitrogen and oxygen atoms in total. The average Bonchev–Trinajstić information content (AvgIpc) is 3.10. The van der Waals surface area contributed by atoms with Crippen LogP contribution < -0.4 is 5.32 Å². The molecule has 5 heteroatoms. The highest BCUT2D eigenvalue weighted by molar-refractivity contribution is 5.86. The lowest BCUT2D eigenvalue weighted by Gasteiger charge is -2.38. The van der Waals surface area contributed by atoms with E-state index in [0.717, 1.165) is 31.6 Å². The maximum Gasteiger partial charge on any atom is 0.256 e. The predicted octanol–water partition coefficient (Wildman–Crippen LogP) is 1.53. The first-order valence-electron chi connectivity index (χ1n) is 9.57. The molecule has 2 N–H and O–H groups in total. The number of nitrogens with zero attached hydrogens (tertiary/aromatic N) is 2. The van der Waals surface area contributed by atoms with Crippen molar-refractivity contribution in [3.63, 3.8) is 0 Å². The highest BCUT2D eigenvalue weighted by Crippen LogP contribution is 2.24. The molecule has 1 atom stereocenters. The van der Waals surface area contributed by atoms with E-state index in [1.54, 1.807) is 4.90 Å². The summed E-state index contributed by atoms with van der Waals surface area (Å²) in [7, 11) is 0. The molecule has 1 amide bonds. The molecule has 1 aromatic carbocycles. The van der Waals surface area contributed by atoms with Gasteiger partial charge in [-0.15, -0.1) is 0 Å². The van der Waals surface area contributed by atoms with Crippen molar-refractivity contribution in [1.29, 1.82) is 0 Å². The molecule has 2 heterocycles. The third-order valence-corrected chi connectivity index (χ3v) is 5.38. The van der Waals surface area contributed by atoms with E-state index in [9.17, 15) is 9.90 Å². The average molecular weight is 345 g/mol. The number of aryl methyl sites for hydroxylation is 1. The summed E-state index contributed by atoms with van der Waals surface area (Å²) in [4.78, 5) is 17.1. The molecule has 0 aliphatic carbocycles. The monoisotopic (exact) mass is 345 g/mol. The first kappa shape index (κ1) is 18.4. The summed E-state index contributed by atoms with van der Waals surface area (Å²) in [6.07, 6.45) is 3.97. The van der Waals surface area contributed by atoms with Gasteiger partial charge in [0.05, 0.1) is 0 Å². The first-order chi connectivity index (χ1) is 12.1. The molecular weight excluding hydrogens is 314 g/mol. The van der Waals surface area contributed by atoms with Crippen LogP contribution in [0.5, 0.6) is 0 Å². The van der Waals surface area contributed by atoms with E-state index < -0.39 is 5.60 Å². The number of likely N-dealkylation sites (tertiary alicyclic amines) is 2. The zero-order valence-corrected chi connectivity index (χ0v) is 15.3. The molecule has 25 heavy (non-hydrogen) atoms. The number of nitrogens with one attached hydrogen (secondary N) is 1. The summed E-state index contributed by atoms with van der Waals surface area (Å²) >= 11 is 0. The zero-order valence-electron chi connectivity index (χ0n) is 15.3. The van der Waals surface area contributed by atoms with Crippen LogP contribution in [0.2, 0.25) is 0 Å². The number of aliphatic hydroxyl groups is 1. The Hall–Kier alpha value is -1.43. The van der Waals surface area contributed by atoms with Gasteiger partial charge in [-0.25, -0.2) is 0 Å². The second-order valence-corrected chi connectivity index (χ2v) is 7.58. The number of carbonyl (C=O) groups excluding carboxylic acids is 1. The van der Waals surface area contributed by atoms with Crippen molar-refractivity contribution >= 4 is 5.91 Å². The van der Waals surface area contributed by atoms with Crippen LogP contribution in [0.25, 0.3) is 0 Å². The lowest BCUT2D eigenvalue weighted by atomic mass is 9.91. The minimum Gasteiger partial charge on any atom is -0.379 e. The van der Waals surface area contributed by atoms with Gasteiger partial charge in [-0.3, -0.25) is 4.79 Å². The highest BCUT2D eigenvalue weighted by atomic mass is 16.3. The standard InChI is InChI=1S/C20H31N3O2/c1-17-6-4-7-18(14-17)15-23-12-5-8-20(25,19(23)24)16-21-9-13-22-10-2-3-11-22/h4,6-7,14,21,25H,2-3,5,8-13,15-16H2,1H3. The summed E-state index contributed by atoms with van der Waals surface area (Å²) in [5.74, 6) is -0.131. The molecular formula is C20H31N3O2. The van der Waals surface area contributed by atoms with Crippen molar-refractivity contribution in [2.75, 3.05) is 39.3 Å². The molecule has 0 radical (unpaired) electrons. The van der Waals surface area contributed by atoms with Crippen LogP contribution >= 0.6 is 0 Å².